The molecule has 1 aromatic carbocycles. The fourth-order valence-electron chi connectivity index (χ4n) is 3.18. The molecule has 0 aliphatic carbocycles. The Hall–Kier alpha value is -3.49. The molecule has 3 rings (SSSR count). The number of fused-ring (bicyclic) bond motifs is 1. The lowest BCUT2D eigenvalue weighted by Crippen LogP contribution is -2.27. The molecule has 160 valence electrons. The van der Waals surface area contributed by atoms with Gasteiger partial charge in [0.2, 0.25) is 17.4 Å². The lowest BCUT2D eigenvalue weighted by molar-refractivity contribution is -0.121. The number of rotatable bonds is 8. The molecule has 0 fully saturated rings. The summed E-state index contributed by atoms with van der Waals surface area (Å²) >= 11 is 0. The summed E-state index contributed by atoms with van der Waals surface area (Å²) in [7, 11) is 4.60. The van der Waals surface area contributed by atoms with E-state index < -0.39 is 0 Å². The van der Waals surface area contributed by atoms with Gasteiger partial charge < -0.3 is 23.9 Å². The average Bonchev–Trinajstić information content (AvgIpc) is 3.04. The van der Waals surface area contributed by atoms with Gasteiger partial charge in [0.25, 0.3) is 5.56 Å². The minimum atomic E-state index is -0.216. The largest absolute Gasteiger partial charge is 0.493 e. The van der Waals surface area contributed by atoms with Crippen LogP contribution in [0.3, 0.4) is 0 Å². The molecule has 0 radical (unpaired) electrons. The van der Waals surface area contributed by atoms with Gasteiger partial charge in [-0.15, -0.1) is 0 Å². The highest BCUT2D eigenvalue weighted by atomic mass is 16.5. The molecule has 0 bridgehead atoms. The van der Waals surface area contributed by atoms with Crippen LogP contribution in [0.1, 0.15) is 23.3 Å². The molecule has 0 aliphatic heterocycles. The number of nitrogens with one attached hydrogen (secondary N) is 1. The second-order valence-corrected chi connectivity index (χ2v) is 6.77. The van der Waals surface area contributed by atoms with Gasteiger partial charge in [-0.1, -0.05) is 0 Å². The number of methoxy groups -OCH3 is 3. The van der Waals surface area contributed by atoms with Crippen molar-refractivity contribution in [2.75, 3.05) is 21.3 Å². The number of aryl methyl sites for hydroxylation is 3. The summed E-state index contributed by atoms with van der Waals surface area (Å²) in [4.78, 5) is 29.1. The lowest BCUT2D eigenvalue weighted by atomic mass is 10.1. The minimum Gasteiger partial charge on any atom is -0.493 e. The van der Waals surface area contributed by atoms with Gasteiger partial charge in [-0.3, -0.25) is 14.2 Å². The van der Waals surface area contributed by atoms with Crippen LogP contribution in [0, 0.1) is 13.8 Å². The highest BCUT2D eigenvalue weighted by Crippen LogP contribution is 2.38. The molecule has 1 N–H and O–H groups in total. The van der Waals surface area contributed by atoms with Gasteiger partial charge in [0.15, 0.2) is 11.5 Å². The third kappa shape index (κ3) is 4.10. The maximum absolute atomic E-state index is 12.6. The Morgan fingerprint density at radius 2 is 1.80 bits per heavy atom. The molecule has 2 heterocycles. The number of nitrogens with zero attached hydrogens (tertiary/aromatic N) is 2. The predicted molar refractivity (Wildman–Crippen MR) is 110 cm³/mol. The number of aromatic nitrogens is 2. The Morgan fingerprint density at radius 1 is 1.13 bits per heavy atom. The molecule has 30 heavy (non-hydrogen) atoms. The molecule has 0 atom stereocenters. The number of amides is 1. The first-order chi connectivity index (χ1) is 14.4. The summed E-state index contributed by atoms with van der Waals surface area (Å²) < 4.78 is 22.8. The first-order valence-corrected chi connectivity index (χ1v) is 9.40. The third-order valence-corrected chi connectivity index (χ3v) is 4.95. The molecule has 0 aliphatic rings. The Kier molecular flexibility index (Phi) is 6.29. The fourth-order valence-corrected chi connectivity index (χ4v) is 3.18. The molecule has 1 amide bonds. The zero-order chi connectivity index (χ0) is 21.8. The van der Waals surface area contributed by atoms with Crippen molar-refractivity contribution in [2.45, 2.75) is 33.4 Å². The number of benzene rings is 1. The fraction of sp³-hybridized carbons (Fsp3) is 0.381. The highest BCUT2D eigenvalue weighted by Gasteiger charge is 2.15. The third-order valence-electron chi connectivity index (χ3n) is 4.95. The van der Waals surface area contributed by atoms with Crippen LogP contribution in [0.25, 0.3) is 11.1 Å². The van der Waals surface area contributed by atoms with E-state index in [1.54, 1.807) is 19.1 Å². The van der Waals surface area contributed by atoms with Crippen molar-refractivity contribution in [3.63, 3.8) is 0 Å². The Morgan fingerprint density at radius 3 is 2.40 bits per heavy atom. The van der Waals surface area contributed by atoms with Gasteiger partial charge in [0.1, 0.15) is 17.5 Å². The van der Waals surface area contributed by atoms with E-state index in [0.29, 0.717) is 34.1 Å². The molecular weight excluding hydrogens is 390 g/mol. The van der Waals surface area contributed by atoms with Crippen LogP contribution >= 0.6 is 0 Å². The van der Waals surface area contributed by atoms with E-state index in [1.807, 2.05) is 6.92 Å². The van der Waals surface area contributed by atoms with Crippen molar-refractivity contribution in [3.8, 4) is 17.2 Å². The van der Waals surface area contributed by atoms with Crippen LogP contribution in [-0.4, -0.2) is 36.8 Å². The Balaban J connectivity index is 1.66. The van der Waals surface area contributed by atoms with Gasteiger partial charge in [-0.2, -0.15) is 0 Å². The molecule has 9 heteroatoms. The molecule has 0 spiro atoms. The monoisotopic (exact) mass is 415 g/mol. The number of ether oxygens (including phenoxy) is 3. The van der Waals surface area contributed by atoms with Gasteiger partial charge >= 0.3 is 0 Å². The van der Waals surface area contributed by atoms with Crippen LogP contribution in [-0.2, 0) is 17.9 Å². The van der Waals surface area contributed by atoms with Gasteiger partial charge in [0.05, 0.1) is 21.3 Å². The van der Waals surface area contributed by atoms with Crippen molar-refractivity contribution in [1.29, 1.82) is 0 Å². The summed E-state index contributed by atoms with van der Waals surface area (Å²) in [5, 5.41) is 3.29. The van der Waals surface area contributed by atoms with Crippen molar-refractivity contribution in [3.05, 3.63) is 45.7 Å². The summed E-state index contributed by atoms with van der Waals surface area (Å²) in [6, 6.07) is 3.54. The number of hydrogen-bond donors (Lipinski definition) is 1. The van der Waals surface area contributed by atoms with Gasteiger partial charge in [0, 0.05) is 25.1 Å². The maximum atomic E-state index is 12.6. The van der Waals surface area contributed by atoms with E-state index in [-0.39, 0.29) is 31.0 Å². The SMILES string of the molecule is COc1cc(CNC(=O)CCn2cnc3oc(C)c(C)c3c2=O)cc(OC)c1OC. The van der Waals surface area contributed by atoms with Crippen LogP contribution in [0.4, 0.5) is 0 Å². The van der Waals surface area contributed by atoms with E-state index >= 15 is 0 Å². The lowest BCUT2D eigenvalue weighted by Gasteiger charge is -2.14. The van der Waals surface area contributed by atoms with E-state index in [0.717, 1.165) is 11.1 Å². The van der Waals surface area contributed by atoms with E-state index in [4.69, 9.17) is 18.6 Å². The second-order valence-electron chi connectivity index (χ2n) is 6.77. The number of hydrogen-bond acceptors (Lipinski definition) is 7. The second kappa shape index (κ2) is 8.89. The number of furan rings is 1. The summed E-state index contributed by atoms with van der Waals surface area (Å²) in [5.74, 6) is 1.98. The maximum Gasteiger partial charge on any atom is 0.264 e. The molecule has 0 unspecified atom stereocenters. The van der Waals surface area contributed by atoms with Gasteiger partial charge in [-0.05, 0) is 31.5 Å². The normalized spacial score (nSPS) is 10.8. The topological polar surface area (TPSA) is 105 Å². The van der Waals surface area contributed by atoms with Crippen LogP contribution < -0.4 is 25.1 Å². The quantitative estimate of drug-likeness (QED) is 0.602. The Labute approximate surface area is 173 Å². The van der Waals surface area contributed by atoms with Crippen molar-refractivity contribution in [2.24, 2.45) is 0 Å². The molecule has 2 aromatic heterocycles. The standard InChI is InChI=1S/C21H25N3O6/c1-12-13(2)30-20-18(12)21(26)24(11-23-20)7-6-17(25)22-10-14-8-15(27-3)19(29-5)16(9-14)28-4/h8-9,11H,6-7,10H2,1-5H3,(H,22,25). The van der Waals surface area contributed by atoms with Crippen LogP contribution in [0.5, 0.6) is 17.2 Å². The van der Waals surface area contributed by atoms with E-state index in [1.165, 1.54) is 32.2 Å². The zero-order valence-corrected chi connectivity index (χ0v) is 17.7. The van der Waals surface area contributed by atoms with Crippen LogP contribution in [0.2, 0.25) is 0 Å². The van der Waals surface area contributed by atoms with E-state index in [2.05, 4.69) is 10.3 Å². The van der Waals surface area contributed by atoms with Crippen LogP contribution in [0.15, 0.2) is 27.7 Å². The predicted octanol–water partition coefficient (Wildman–Crippen LogP) is 2.34. The molecule has 9 nitrogen and oxygen atoms in total. The van der Waals surface area contributed by atoms with Crippen molar-refractivity contribution in [1.82, 2.24) is 14.9 Å². The summed E-state index contributed by atoms with van der Waals surface area (Å²) in [6.45, 7) is 4.10. The molecule has 3 aromatic rings. The minimum absolute atomic E-state index is 0.132. The highest BCUT2D eigenvalue weighted by molar-refractivity contribution is 5.78. The molecule has 0 saturated heterocycles. The Bertz CT molecular complexity index is 1110. The molecule has 0 saturated carbocycles. The zero-order valence-electron chi connectivity index (χ0n) is 17.7. The van der Waals surface area contributed by atoms with Crippen molar-refractivity contribution >= 4 is 17.0 Å². The van der Waals surface area contributed by atoms with E-state index in [9.17, 15) is 9.59 Å². The summed E-state index contributed by atoms with van der Waals surface area (Å²) in [5.41, 5.74) is 1.66. The number of carbonyl (C=O) groups excluding carboxylic acids is 1. The average molecular weight is 415 g/mol. The molecular formula is C21H25N3O6. The summed E-state index contributed by atoms with van der Waals surface area (Å²) in [6.07, 6.45) is 1.53. The number of carbonyl (C=O) groups is 1. The van der Waals surface area contributed by atoms with Gasteiger partial charge in [-0.25, -0.2) is 4.98 Å². The smallest absolute Gasteiger partial charge is 0.264 e. The first-order valence-electron chi connectivity index (χ1n) is 9.40. The van der Waals surface area contributed by atoms with Crippen molar-refractivity contribution < 1.29 is 23.4 Å². The first kappa shape index (κ1) is 21.2.